The molecule has 0 unspecified atom stereocenters. The van der Waals surface area contributed by atoms with Crippen molar-refractivity contribution in [1.29, 1.82) is 5.26 Å². The second kappa shape index (κ2) is 5.99. The van der Waals surface area contributed by atoms with E-state index in [9.17, 15) is 10.1 Å². The van der Waals surface area contributed by atoms with E-state index in [0.29, 0.717) is 43.0 Å². The molecule has 0 radical (unpaired) electrons. The molecule has 3 aromatic rings. The van der Waals surface area contributed by atoms with Crippen molar-refractivity contribution >= 4 is 10.9 Å². The molecule has 6 nitrogen and oxygen atoms in total. The quantitative estimate of drug-likeness (QED) is 0.539. The van der Waals surface area contributed by atoms with E-state index in [4.69, 9.17) is 14.5 Å². The third kappa shape index (κ3) is 2.15. The van der Waals surface area contributed by atoms with Crippen molar-refractivity contribution in [2.75, 3.05) is 13.2 Å². The predicted octanol–water partition coefficient (Wildman–Crippen LogP) is 3.21. The average Bonchev–Trinajstić information content (AvgIpc) is 3.34. The van der Waals surface area contributed by atoms with Gasteiger partial charge in [-0.15, -0.1) is 0 Å². The van der Waals surface area contributed by atoms with Gasteiger partial charge in [-0.2, -0.15) is 5.26 Å². The van der Waals surface area contributed by atoms with Crippen LogP contribution in [0, 0.1) is 18.3 Å². The van der Waals surface area contributed by atoms with Gasteiger partial charge in [0.15, 0.2) is 5.79 Å². The molecule has 1 aromatic carbocycles. The highest BCUT2D eigenvalue weighted by molar-refractivity contribution is 5.90. The van der Waals surface area contributed by atoms with Gasteiger partial charge in [-0.05, 0) is 19.1 Å². The van der Waals surface area contributed by atoms with E-state index in [2.05, 4.69) is 6.07 Å². The maximum absolute atomic E-state index is 13.2. The number of ether oxygens (including phenoxy) is 2. The molecule has 1 fully saturated rings. The molecule has 0 aliphatic carbocycles. The largest absolute Gasteiger partial charge is 0.343 e. The monoisotopic (exact) mass is 373 g/mol. The molecule has 0 spiro atoms. The summed E-state index contributed by atoms with van der Waals surface area (Å²) < 4.78 is 13.6. The summed E-state index contributed by atoms with van der Waals surface area (Å²) in [4.78, 5) is 18.0. The van der Waals surface area contributed by atoms with E-state index in [1.807, 2.05) is 44.2 Å². The van der Waals surface area contributed by atoms with Crippen LogP contribution in [-0.4, -0.2) is 22.8 Å². The number of pyridine rings is 2. The van der Waals surface area contributed by atoms with Gasteiger partial charge in [-0.1, -0.05) is 25.1 Å². The fourth-order valence-electron chi connectivity index (χ4n) is 4.41. The van der Waals surface area contributed by atoms with E-state index in [-0.39, 0.29) is 5.56 Å². The lowest BCUT2D eigenvalue weighted by Gasteiger charge is -2.28. The third-order valence-electron chi connectivity index (χ3n) is 5.84. The fourth-order valence-corrected chi connectivity index (χ4v) is 4.41. The molecule has 2 aliphatic rings. The number of benzene rings is 1. The molecule has 1 saturated heterocycles. The summed E-state index contributed by atoms with van der Waals surface area (Å²) >= 11 is 0. The Bertz CT molecular complexity index is 1230. The van der Waals surface area contributed by atoms with Gasteiger partial charge in [-0.25, -0.2) is 4.98 Å². The first kappa shape index (κ1) is 17.1. The third-order valence-corrected chi connectivity index (χ3v) is 5.84. The minimum atomic E-state index is -0.892. The molecule has 0 amide bonds. The fraction of sp³-hybridized carbons (Fsp3) is 0.318. The molecule has 2 aliphatic heterocycles. The SMILES string of the molecule is CCC1(c2cc3n(c(=O)c2C)Cc2c-3nc3ccccc3c2C#N)OCCO1. The van der Waals surface area contributed by atoms with Gasteiger partial charge >= 0.3 is 0 Å². The number of hydrogen-bond acceptors (Lipinski definition) is 5. The molecule has 0 saturated carbocycles. The summed E-state index contributed by atoms with van der Waals surface area (Å²) in [7, 11) is 0. The molecule has 5 rings (SSSR count). The van der Waals surface area contributed by atoms with Crippen LogP contribution in [0.5, 0.6) is 0 Å². The van der Waals surface area contributed by atoms with Crippen LogP contribution in [-0.2, 0) is 21.8 Å². The Morgan fingerprint density at radius 3 is 2.75 bits per heavy atom. The summed E-state index contributed by atoms with van der Waals surface area (Å²) in [5.41, 5.74) is 4.82. The zero-order valence-corrected chi connectivity index (χ0v) is 15.8. The zero-order valence-electron chi connectivity index (χ0n) is 15.8. The van der Waals surface area contributed by atoms with Gasteiger partial charge in [0.05, 0.1) is 42.2 Å². The Kier molecular flexibility index (Phi) is 3.66. The number of fused-ring (bicyclic) bond motifs is 4. The average molecular weight is 373 g/mol. The summed E-state index contributed by atoms with van der Waals surface area (Å²) in [5, 5.41) is 10.6. The van der Waals surface area contributed by atoms with Gasteiger partial charge in [0.2, 0.25) is 0 Å². The highest BCUT2D eigenvalue weighted by Crippen LogP contribution is 2.40. The minimum Gasteiger partial charge on any atom is -0.343 e. The zero-order chi connectivity index (χ0) is 19.5. The predicted molar refractivity (Wildman–Crippen MR) is 104 cm³/mol. The molecular weight excluding hydrogens is 354 g/mol. The standard InChI is InChI=1S/C22H19N3O3/c1-3-22(27-8-9-28-22)17-10-19-20-16(12-25(19)21(26)13(17)2)15(11-23)14-6-4-5-7-18(14)24-20/h4-7,10H,3,8-9,12H2,1-2H3. The second-order valence-electron chi connectivity index (χ2n) is 7.21. The lowest BCUT2D eigenvalue weighted by molar-refractivity contribution is -0.168. The Labute approximate surface area is 162 Å². The molecule has 4 heterocycles. The number of nitrogens with zero attached hydrogens (tertiary/aromatic N) is 3. The van der Waals surface area contributed by atoms with Crippen LogP contribution in [0.4, 0.5) is 0 Å². The van der Waals surface area contributed by atoms with E-state index in [0.717, 1.165) is 27.7 Å². The molecule has 2 aromatic heterocycles. The molecular formula is C22H19N3O3. The van der Waals surface area contributed by atoms with Crippen LogP contribution < -0.4 is 5.56 Å². The van der Waals surface area contributed by atoms with Gasteiger partial charge in [0, 0.05) is 28.5 Å². The van der Waals surface area contributed by atoms with Crippen LogP contribution in [0.25, 0.3) is 22.3 Å². The number of hydrogen-bond donors (Lipinski definition) is 0. The maximum Gasteiger partial charge on any atom is 0.254 e. The van der Waals surface area contributed by atoms with Gasteiger partial charge in [0.25, 0.3) is 5.56 Å². The van der Waals surface area contributed by atoms with Gasteiger partial charge < -0.3 is 14.0 Å². The van der Waals surface area contributed by atoms with Crippen molar-refractivity contribution in [3.8, 4) is 17.5 Å². The van der Waals surface area contributed by atoms with Crippen LogP contribution in [0.2, 0.25) is 0 Å². The summed E-state index contributed by atoms with van der Waals surface area (Å²) in [6.07, 6.45) is 0.609. The first-order valence-corrected chi connectivity index (χ1v) is 9.44. The minimum absolute atomic E-state index is 0.0922. The van der Waals surface area contributed by atoms with Crippen LogP contribution in [0.15, 0.2) is 35.1 Å². The maximum atomic E-state index is 13.2. The lowest BCUT2D eigenvalue weighted by atomic mass is 9.97. The van der Waals surface area contributed by atoms with Gasteiger partial charge in [0.1, 0.15) is 6.07 Å². The number of para-hydroxylation sites is 1. The summed E-state index contributed by atoms with van der Waals surface area (Å²) in [5.74, 6) is -0.892. The Morgan fingerprint density at radius 1 is 1.29 bits per heavy atom. The highest BCUT2D eigenvalue weighted by atomic mass is 16.7. The Hall–Kier alpha value is -3.01. The first-order chi connectivity index (χ1) is 13.6. The highest BCUT2D eigenvalue weighted by Gasteiger charge is 2.40. The van der Waals surface area contributed by atoms with E-state index >= 15 is 0 Å². The number of aromatic nitrogens is 2. The van der Waals surface area contributed by atoms with Crippen LogP contribution >= 0.6 is 0 Å². The molecule has 0 bridgehead atoms. The number of rotatable bonds is 2. The van der Waals surface area contributed by atoms with Crippen LogP contribution in [0.3, 0.4) is 0 Å². The van der Waals surface area contributed by atoms with Crippen molar-refractivity contribution < 1.29 is 9.47 Å². The second-order valence-corrected chi connectivity index (χ2v) is 7.21. The Morgan fingerprint density at radius 2 is 2.04 bits per heavy atom. The smallest absolute Gasteiger partial charge is 0.254 e. The summed E-state index contributed by atoms with van der Waals surface area (Å²) in [6.45, 7) is 5.16. The van der Waals surface area contributed by atoms with Crippen LogP contribution in [0.1, 0.15) is 35.6 Å². The van der Waals surface area contributed by atoms with E-state index in [1.54, 1.807) is 4.57 Å². The first-order valence-electron chi connectivity index (χ1n) is 9.44. The number of nitriles is 1. The van der Waals surface area contributed by atoms with Crippen molar-refractivity contribution in [1.82, 2.24) is 9.55 Å². The molecule has 140 valence electrons. The normalized spacial score (nSPS) is 16.8. The molecule has 0 N–H and O–H groups in total. The Balaban J connectivity index is 1.82. The van der Waals surface area contributed by atoms with Crippen molar-refractivity contribution in [3.05, 3.63) is 62.9 Å². The van der Waals surface area contributed by atoms with Crippen molar-refractivity contribution in [2.24, 2.45) is 0 Å². The van der Waals surface area contributed by atoms with Crippen molar-refractivity contribution in [3.63, 3.8) is 0 Å². The topological polar surface area (TPSA) is 77.1 Å². The molecule has 6 heteroatoms. The molecule has 0 atom stereocenters. The van der Waals surface area contributed by atoms with Crippen molar-refractivity contribution in [2.45, 2.75) is 32.6 Å². The van der Waals surface area contributed by atoms with E-state index < -0.39 is 5.79 Å². The summed E-state index contributed by atoms with van der Waals surface area (Å²) in [6, 6.07) is 11.9. The van der Waals surface area contributed by atoms with E-state index in [1.165, 1.54) is 0 Å². The van der Waals surface area contributed by atoms with Gasteiger partial charge in [-0.3, -0.25) is 4.79 Å². The lowest BCUT2D eigenvalue weighted by Crippen LogP contribution is -2.32. The molecule has 28 heavy (non-hydrogen) atoms.